The number of sulfonamides is 1. The fourth-order valence-corrected chi connectivity index (χ4v) is 5.82. The lowest BCUT2D eigenvalue weighted by atomic mass is 10.0. The summed E-state index contributed by atoms with van der Waals surface area (Å²) < 4.78 is 27.9. The van der Waals surface area contributed by atoms with Crippen molar-refractivity contribution in [3.05, 3.63) is 28.3 Å². The first kappa shape index (κ1) is 21.2. The van der Waals surface area contributed by atoms with Gasteiger partial charge in [-0.1, -0.05) is 6.07 Å². The molecule has 1 aliphatic rings. The molecular weight excluding hydrogens is 372 g/mol. The summed E-state index contributed by atoms with van der Waals surface area (Å²) in [7, 11) is -3.58. The summed E-state index contributed by atoms with van der Waals surface area (Å²) in [6.45, 7) is 9.05. The van der Waals surface area contributed by atoms with Crippen molar-refractivity contribution in [1.82, 2.24) is 9.21 Å². The maximum atomic E-state index is 13.2. The van der Waals surface area contributed by atoms with Crippen LogP contribution in [0, 0.1) is 27.7 Å². The molecule has 0 unspecified atom stereocenters. The highest BCUT2D eigenvalue weighted by atomic mass is 32.2. The maximum Gasteiger partial charge on any atom is 0.243 e. The van der Waals surface area contributed by atoms with Gasteiger partial charge in [0.05, 0.1) is 17.3 Å². The van der Waals surface area contributed by atoms with Crippen LogP contribution in [0.5, 0.6) is 0 Å². The summed E-state index contributed by atoms with van der Waals surface area (Å²) in [5.74, 6) is 0.854. The van der Waals surface area contributed by atoms with E-state index in [1.54, 1.807) is 4.90 Å². The molecule has 0 atom stereocenters. The highest BCUT2D eigenvalue weighted by molar-refractivity contribution is 7.99. The number of rotatable bonds is 6. The van der Waals surface area contributed by atoms with E-state index < -0.39 is 10.0 Å². The highest BCUT2D eigenvalue weighted by Gasteiger charge is 2.32. The topological polar surface area (TPSA) is 77.9 Å². The third-order valence-electron chi connectivity index (χ3n) is 4.95. The second-order valence-corrected chi connectivity index (χ2v) is 9.63. The van der Waals surface area contributed by atoms with Crippen molar-refractivity contribution in [2.24, 2.45) is 0 Å². The molecule has 1 aromatic rings. The zero-order valence-electron chi connectivity index (χ0n) is 15.9. The van der Waals surface area contributed by atoms with Crippen LogP contribution in [0.15, 0.2) is 11.0 Å². The van der Waals surface area contributed by atoms with Gasteiger partial charge >= 0.3 is 0 Å². The average molecular weight is 401 g/mol. The number of nitrogens with zero attached hydrogens (tertiary/aromatic N) is 2. The van der Waals surface area contributed by atoms with E-state index in [-0.39, 0.29) is 12.5 Å². The number of thioether (sulfide) groups is 1. The van der Waals surface area contributed by atoms with Crippen LogP contribution < -0.4 is 0 Å². The van der Waals surface area contributed by atoms with E-state index in [0.29, 0.717) is 42.6 Å². The van der Waals surface area contributed by atoms with E-state index in [4.69, 9.17) is 5.11 Å². The number of hydrogen-bond donors (Lipinski definition) is 1. The number of benzene rings is 1. The molecule has 1 amide bonds. The zero-order valence-corrected chi connectivity index (χ0v) is 17.5. The summed E-state index contributed by atoms with van der Waals surface area (Å²) in [4.78, 5) is 14.3. The van der Waals surface area contributed by atoms with Crippen LogP contribution in [0.25, 0.3) is 0 Å². The van der Waals surface area contributed by atoms with Crippen molar-refractivity contribution in [2.75, 3.05) is 44.3 Å². The molecule has 26 heavy (non-hydrogen) atoms. The van der Waals surface area contributed by atoms with E-state index in [2.05, 4.69) is 0 Å². The van der Waals surface area contributed by atoms with E-state index >= 15 is 0 Å². The molecule has 0 aliphatic carbocycles. The number of aliphatic hydroxyl groups excluding tert-OH is 1. The van der Waals surface area contributed by atoms with Gasteiger partial charge in [0.1, 0.15) is 0 Å². The van der Waals surface area contributed by atoms with Gasteiger partial charge in [0.2, 0.25) is 15.9 Å². The number of carbonyl (C=O) groups excluding carboxylic acids is 1. The Morgan fingerprint density at radius 2 is 1.62 bits per heavy atom. The predicted molar refractivity (Wildman–Crippen MR) is 105 cm³/mol. The third kappa shape index (κ3) is 4.42. The molecule has 0 radical (unpaired) electrons. The molecular formula is C18H28N2O4S2. The van der Waals surface area contributed by atoms with Crippen molar-refractivity contribution in [2.45, 2.75) is 32.6 Å². The van der Waals surface area contributed by atoms with Gasteiger partial charge in [-0.2, -0.15) is 4.31 Å². The molecule has 1 fully saturated rings. The zero-order chi connectivity index (χ0) is 19.5. The molecule has 0 aromatic heterocycles. The molecule has 1 aromatic carbocycles. The van der Waals surface area contributed by atoms with Crippen LogP contribution in [0.3, 0.4) is 0 Å². The summed E-state index contributed by atoms with van der Waals surface area (Å²) in [5.41, 5.74) is 3.54. The Labute approximate surface area is 160 Å². The highest BCUT2D eigenvalue weighted by Crippen LogP contribution is 2.29. The summed E-state index contributed by atoms with van der Waals surface area (Å²) >= 11 is 1.39. The third-order valence-corrected chi connectivity index (χ3v) is 8.04. The average Bonchev–Trinajstić information content (AvgIpc) is 2.60. The molecule has 146 valence electrons. The quantitative estimate of drug-likeness (QED) is 0.732. The van der Waals surface area contributed by atoms with E-state index in [1.165, 1.54) is 16.1 Å². The van der Waals surface area contributed by atoms with Gasteiger partial charge < -0.3 is 10.0 Å². The second-order valence-electron chi connectivity index (χ2n) is 6.65. The molecule has 1 saturated heterocycles. The van der Waals surface area contributed by atoms with Gasteiger partial charge in [-0.05, 0) is 49.9 Å². The number of piperazine rings is 1. The van der Waals surface area contributed by atoms with E-state index in [1.807, 2.05) is 33.8 Å². The molecule has 6 nitrogen and oxygen atoms in total. The minimum atomic E-state index is -3.58. The molecule has 0 saturated carbocycles. The maximum absolute atomic E-state index is 13.2. The molecule has 1 aliphatic heterocycles. The summed E-state index contributed by atoms with van der Waals surface area (Å²) in [6, 6.07) is 2.02. The number of amides is 1. The van der Waals surface area contributed by atoms with E-state index in [9.17, 15) is 13.2 Å². The smallest absolute Gasteiger partial charge is 0.243 e. The Hall–Kier alpha value is -1.09. The largest absolute Gasteiger partial charge is 0.396 e. The Balaban J connectivity index is 2.13. The minimum Gasteiger partial charge on any atom is -0.396 e. The van der Waals surface area contributed by atoms with Crippen LogP contribution in [0.1, 0.15) is 22.3 Å². The van der Waals surface area contributed by atoms with E-state index in [0.717, 1.165) is 22.3 Å². The van der Waals surface area contributed by atoms with Gasteiger partial charge in [0.15, 0.2) is 0 Å². The summed E-state index contributed by atoms with van der Waals surface area (Å²) in [5, 5.41) is 8.79. The van der Waals surface area contributed by atoms with Crippen molar-refractivity contribution in [3.63, 3.8) is 0 Å². The van der Waals surface area contributed by atoms with Gasteiger partial charge in [-0.15, -0.1) is 11.8 Å². The van der Waals surface area contributed by atoms with Crippen LogP contribution in [-0.4, -0.2) is 72.9 Å². The van der Waals surface area contributed by atoms with Gasteiger partial charge in [0.25, 0.3) is 0 Å². The number of carbonyl (C=O) groups is 1. The fourth-order valence-electron chi connectivity index (χ4n) is 3.19. The first-order valence-corrected chi connectivity index (χ1v) is 11.3. The van der Waals surface area contributed by atoms with Crippen LogP contribution >= 0.6 is 11.8 Å². The monoisotopic (exact) mass is 400 g/mol. The number of aliphatic hydroxyl groups is 1. The van der Waals surface area contributed by atoms with Crippen molar-refractivity contribution >= 4 is 27.7 Å². The lowest BCUT2D eigenvalue weighted by Crippen LogP contribution is -2.51. The van der Waals surface area contributed by atoms with Crippen molar-refractivity contribution < 1.29 is 18.3 Å². The molecule has 1 heterocycles. The number of aryl methyl sites for hydroxylation is 2. The first-order chi connectivity index (χ1) is 12.2. The lowest BCUT2D eigenvalue weighted by Gasteiger charge is -2.34. The first-order valence-electron chi connectivity index (χ1n) is 8.74. The molecule has 0 bridgehead atoms. The Bertz CT molecular complexity index is 744. The molecule has 1 N–H and O–H groups in total. The normalized spacial score (nSPS) is 16.1. The van der Waals surface area contributed by atoms with Gasteiger partial charge in [-0.3, -0.25) is 4.79 Å². The molecule has 0 spiro atoms. The van der Waals surface area contributed by atoms with Crippen molar-refractivity contribution in [3.8, 4) is 0 Å². The molecule has 8 heteroatoms. The fraction of sp³-hybridized carbons (Fsp3) is 0.611. The Kier molecular flexibility index (Phi) is 7.12. The van der Waals surface area contributed by atoms with Gasteiger partial charge in [-0.25, -0.2) is 8.42 Å². The van der Waals surface area contributed by atoms with Crippen LogP contribution in [0.2, 0.25) is 0 Å². The Morgan fingerprint density at radius 1 is 1.08 bits per heavy atom. The van der Waals surface area contributed by atoms with Gasteiger partial charge in [0, 0.05) is 31.9 Å². The number of hydrogen-bond acceptors (Lipinski definition) is 5. The SMILES string of the molecule is Cc1cc(C)c(C)c(S(=O)(=O)N2CCN(C(=O)CSCCO)CC2)c1C. The predicted octanol–water partition coefficient (Wildman–Crippen LogP) is 1.48. The lowest BCUT2D eigenvalue weighted by molar-refractivity contribution is -0.129. The Morgan fingerprint density at radius 3 is 2.12 bits per heavy atom. The minimum absolute atomic E-state index is 0.000686. The second kappa shape index (κ2) is 8.73. The van der Waals surface area contributed by atoms with Crippen LogP contribution in [0.4, 0.5) is 0 Å². The summed E-state index contributed by atoms with van der Waals surface area (Å²) in [6.07, 6.45) is 0. The standard InChI is InChI=1S/C18H28N2O4S2/c1-13-11-14(2)16(4)18(15(13)3)26(23,24)20-7-5-19(6-8-20)17(22)12-25-10-9-21/h11,21H,5-10,12H2,1-4H3. The van der Waals surface area contributed by atoms with Crippen LogP contribution in [-0.2, 0) is 14.8 Å². The molecule has 2 rings (SSSR count). The van der Waals surface area contributed by atoms with Crippen molar-refractivity contribution in [1.29, 1.82) is 0 Å².